The number of aryl methyl sites for hydroxylation is 2. The van der Waals surface area contributed by atoms with Crippen molar-refractivity contribution in [2.24, 2.45) is 5.92 Å². The Hall–Kier alpha value is -4.01. The Labute approximate surface area is 290 Å². The quantitative estimate of drug-likeness (QED) is 0.197. The van der Waals surface area contributed by atoms with Crippen LogP contribution in [0.3, 0.4) is 0 Å². The monoisotopic (exact) mass is 700 g/mol. The van der Waals surface area contributed by atoms with Gasteiger partial charge in [0, 0.05) is 38.8 Å². The van der Waals surface area contributed by atoms with Gasteiger partial charge in [-0.25, -0.2) is 24.5 Å². The van der Waals surface area contributed by atoms with Gasteiger partial charge in [0.05, 0.1) is 16.9 Å². The molecule has 4 rings (SSSR count). The Morgan fingerprint density at radius 2 is 1.81 bits per heavy atom. The lowest BCUT2D eigenvalue weighted by atomic mass is 10.0. The molecule has 1 aliphatic rings. The number of halogens is 1. The maximum atomic E-state index is 12.9. The second-order valence-electron chi connectivity index (χ2n) is 13.0. The van der Waals surface area contributed by atoms with E-state index in [4.69, 9.17) is 21.1 Å². The van der Waals surface area contributed by atoms with Crippen LogP contribution in [0.5, 0.6) is 0 Å². The van der Waals surface area contributed by atoms with Gasteiger partial charge in [0.25, 0.3) is 5.91 Å². The number of esters is 1. The highest BCUT2D eigenvalue weighted by Gasteiger charge is 2.27. The molecule has 3 heterocycles. The predicted molar refractivity (Wildman–Crippen MR) is 189 cm³/mol. The van der Waals surface area contributed by atoms with Crippen molar-refractivity contribution >= 4 is 63.4 Å². The largest absolute Gasteiger partial charge is 0.463 e. The van der Waals surface area contributed by atoms with Crippen LogP contribution in [0.15, 0.2) is 30.5 Å². The van der Waals surface area contributed by atoms with Gasteiger partial charge in [-0.05, 0) is 58.6 Å². The molecular formula is C33H45ClN8O5S. The number of carbonyl (C=O) groups is 3. The zero-order valence-electron chi connectivity index (χ0n) is 28.6. The van der Waals surface area contributed by atoms with Crippen LogP contribution in [0.4, 0.5) is 27.2 Å². The number of anilines is 4. The number of piperazine rings is 1. The molecule has 13 nitrogen and oxygen atoms in total. The molecular weight excluding hydrogens is 656 g/mol. The minimum Gasteiger partial charge on any atom is -0.463 e. The summed E-state index contributed by atoms with van der Waals surface area (Å²) in [5, 5.41) is 9.74. The van der Waals surface area contributed by atoms with Crippen molar-refractivity contribution in [2.75, 3.05) is 54.9 Å². The minimum atomic E-state index is -0.772. The van der Waals surface area contributed by atoms with E-state index in [9.17, 15) is 14.4 Å². The number of thiazole rings is 1. The second-order valence-corrected chi connectivity index (χ2v) is 14.5. The number of nitrogens with zero attached hydrogens (tertiary/aromatic N) is 5. The molecule has 260 valence electrons. The third-order valence-electron chi connectivity index (χ3n) is 7.28. The van der Waals surface area contributed by atoms with Gasteiger partial charge in [0.1, 0.15) is 40.6 Å². The first-order valence-corrected chi connectivity index (χ1v) is 17.1. The second kappa shape index (κ2) is 16.4. The molecule has 1 fully saturated rings. The van der Waals surface area contributed by atoms with Gasteiger partial charge in [-0.3, -0.25) is 9.69 Å². The average molecular weight is 701 g/mol. The van der Waals surface area contributed by atoms with E-state index in [1.165, 1.54) is 17.5 Å². The van der Waals surface area contributed by atoms with Gasteiger partial charge < -0.3 is 30.3 Å². The lowest BCUT2D eigenvalue weighted by Gasteiger charge is -2.35. The highest BCUT2D eigenvalue weighted by molar-refractivity contribution is 7.17. The summed E-state index contributed by atoms with van der Waals surface area (Å²) in [6, 6.07) is 6.54. The molecule has 0 spiro atoms. The number of alkyl carbamates (subject to hydrolysis) is 1. The molecule has 0 unspecified atom stereocenters. The third-order valence-corrected chi connectivity index (χ3v) is 8.51. The molecule has 48 heavy (non-hydrogen) atoms. The Kier molecular flexibility index (Phi) is 12.6. The van der Waals surface area contributed by atoms with Crippen LogP contribution in [0, 0.1) is 19.8 Å². The Morgan fingerprint density at radius 3 is 2.48 bits per heavy atom. The summed E-state index contributed by atoms with van der Waals surface area (Å²) in [5.41, 5.74) is 0.781. The summed E-state index contributed by atoms with van der Waals surface area (Å²) in [5.74, 6) is 1.38. The van der Waals surface area contributed by atoms with Crippen LogP contribution in [0.2, 0.25) is 5.02 Å². The zero-order chi connectivity index (χ0) is 35.0. The molecule has 1 atom stereocenters. The number of benzene rings is 1. The van der Waals surface area contributed by atoms with Crippen LogP contribution in [-0.4, -0.2) is 88.8 Å². The van der Waals surface area contributed by atoms with Crippen molar-refractivity contribution in [2.45, 2.75) is 66.5 Å². The normalized spacial score (nSPS) is 14.4. The molecule has 0 saturated carbocycles. The van der Waals surface area contributed by atoms with Crippen molar-refractivity contribution in [3.8, 4) is 0 Å². The number of ether oxygens (including phenoxy) is 2. The predicted octanol–water partition coefficient (Wildman–Crippen LogP) is 5.80. The van der Waals surface area contributed by atoms with Gasteiger partial charge >= 0.3 is 12.1 Å². The topological polar surface area (TPSA) is 151 Å². The van der Waals surface area contributed by atoms with E-state index in [0.29, 0.717) is 45.3 Å². The van der Waals surface area contributed by atoms with E-state index in [0.717, 1.165) is 37.6 Å². The molecule has 1 saturated heterocycles. The van der Waals surface area contributed by atoms with Crippen molar-refractivity contribution in [1.29, 1.82) is 0 Å². The number of para-hydroxylation sites is 1. The maximum Gasteiger partial charge on any atom is 0.408 e. The molecule has 2 amide bonds. The van der Waals surface area contributed by atoms with Crippen molar-refractivity contribution in [1.82, 2.24) is 25.2 Å². The van der Waals surface area contributed by atoms with Crippen LogP contribution >= 0.6 is 22.9 Å². The summed E-state index contributed by atoms with van der Waals surface area (Å²) in [4.78, 5) is 56.3. The first kappa shape index (κ1) is 36.8. The fourth-order valence-corrected chi connectivity index (χ4v) is 5.99. The highest BCUT2D eigenvalue weighted by Crippen LogP contribution is 2.28. The molecule has 3 aromatic rings. The zero-order valence-corrected chi connectivity index (χ0v) is 30.1. The smallest absolute Gasteiger partial charge is 0.408 e. The fraction of sp³-hybridized carbons (Fsp3) is 0.515. The summed E-state index contributed by atoms with van der Waals surface area (Å²) in [6.07, 6.45) is 1.33. The lowest BCUT2D eigenvalue weighted by Crippen LogP contribution is -2.48. The molecule has 3 N–H and O–H groups in total. The van der Waals surface area contributed by atoms with Crippen LogP contribution in [0.25, 0.3) is 0 Å². The number of rotatable bonds is 12. The maximum absolute atomic E-state index is 12.9. The van der Waals surface area contributed by atoms with Gasteiger partial charge in [-0.1, -0.05) is 48.9 Å². The molecule has 0 radical (unpaired) electrons. The molecule has 1 aromatic carbocycles. The summed E-state index contributed by atoms with van der Waals surface area (Å²) in [6.45, 7) is 16.7. The number of amides is 2. The highest BCUT2D eigenvalue weighted by atomic mass is 35.5. The van der Waals surface area contributed by atoms with Crippen molar-refractivity contribution in [3.63, 3.8) is 0 Å². The fourth-order valence-electron chi connectivity index (χ4n) is 5.00. The van der Waals surface area contributed by atoms with Gasteiger partial charge in [-0.2, -0.15) is 0 Å². The third kappa shape index (κ3) is 11.0. The van der Waals surface area contributed by atoms with E-state index in [-0.39, 0.29) is 18.4 Å². The Morgan fingerprint density at radius 1 is 1.08 bits per heavy atom. The van der Waals surface area contributed by atoms with E-state index < -0.39 is 23.7 Å². The summed E-state index contributed by atoms with van der Waals surface area (Å²) in [7, 11) is 0. The SMILES string of the molecule is Cc1nc(Nc2ncc(C(=O)Nc3c(C)cccc3Cl)s2)cc(N2CCN(CCOC(=O)[C@H](CC(C)C)NC(=O)OC(C)(C)C)CC2)n1. The molecule has 0 bridgehead atoms. The Balaban J connectivity index is 1.26. The molecule has 0 aliphatic carbocycles. The van der Waals surface area contributed by atoms with Crippen molar-refractivity contribution in [3.05, 3.63) is 51.7 Å². The first-order chi connectivity index (χ1) is 22.7. The molecule has 15 heteroatoms. The van der Waals surface area contributed by atoms with Crippen LogP contribution in [0.1, 0.15) is 62.1 Å². The van der Waals surface area contributed by atoms with Gasteiger partial charge in [-0.15, -0.1) is 0 Å². The average Bonchev–Trinajstić information content (AvgIpc) is 3.46. The van der Waals surface area contributed by atoms with Crippen LogP contribution < -0.4 is 20.9 Å². The number of hydrogen-bond donors (Lipinski definition) is 3. The summed E-state index contributed by atoms with van der Waals surface area (Å²) < 4.78 is 10.9. The molecule has 1 aliphatic heterocycles. The van der Waals surface area contributed by atoms with E-state index >= 15 is 0 Å². The minimum absolute atomic E-state index is 0.182. The number of hydrogen-bond acceptors (Lipinski definition) is 12. The number of nitrogens with one attached hydrogen (secondary N) is 3. The van der Waals surface area contributed by atoms with Crippen LogP contribution in [-0.2, 0) is 14.3 Å². The van der Waals surface area contributed by atoms with E-state index in [1.54, 1.807) is 26.8 Å². The summed E-state index contributed by atoms with van der Waals surface area (Å²) >= 11 is 7.48. The molecule has 2 aromatic heterocycles. The van der Waals surface area contributed by atoms with Gasteiger partial charge in [0.15, 0.2) is 5.13 Å². The Bertz CT molecular complexity index is 1570. The lowest BCUT2D eigenvalue weighted by molar-refractivity contribution is -0.147. The van der Waals surface area contributed by atoms with Crippen molar-refractivity contribution < 1.29 is 23.9 Å². The van der Waals surface area contributed by atoms with E-state index in [2.05, 4.69) is 40.7 Å². The van der Waals surface area contributed by atoms with E-state index in [1.807, 2.05) is 45.9 Å². The van der Waals surface area contributed by atoms with Gasteiger partial charge in [0.2, 0.25) is 0 Å². The standard InChI is InChI=1S/C33H45ClN8O5S/c1-20(2)17-24(38-32(45)47-33(5,6)7)30(44)46-16-15-41-11-13-42(14-12-41)27-18-26(36-22(4)37-27)39-31-35-19-25(48-31)29(43)40-28-21(3)9-8-10-23(28)34/h8-10,18-20,24H,11-17H2,1-7H3,(H,38,45)(H,40,43)(H,35,36,37,39)/t24-/m0/s1. The number of carbonyl (C=O) groups excluding carboxylic acids is 3. The number of aromatic nitrogens is 3. The first-order valence-electron chi connectivity index (χ1n) is 16.0.